The second-order valence-electron chi connectivity index (χ2n) is 7.05. The van der Waals surface area contributed by atoms with Crippen LogP contribution in [0.3, 0.4) is 0 Å². The topological polar surface area (TPSA) is 67.1 Å². The van der Waals surface area contributed by atoms with Gasteiger partial charge in [-0.05, 0) is 42.3 Å². The molecule has 4 rings (SSSR count). The van der Waals surface area contributed by atoms with Gasteiger partial charge in [-0.1, -0.05) is 42.5 Å². The molecule has 6 nitrogen and oxygen atoms in total. The van der Waals surface area contributed by atoms with Crippen molar-refractivity contribution in [3.05, 3.63) is 96.1 Å². The number of nitrogens with one attached hydrogen (secondary N) is 2. The van der Waals surface area contributed by atoms with Crippen molar-refractivity contribution < 1.29 is 0 Å². The maximum atomic E-state index is 4.70. The lowest BCUT2D eigenvalue weighted by atomic mass is 10.1. The molecule has 2 aromatic carbocycles. The summed E-state index contributed by atoms with van der Waals surface area (Å²) < 4.78 is 2.17. The molecule has 0 unspecified atom stereocenters. The first-order valence-electron chi connectivity index (χ1n) is 10.2. The van der Waals surface area contributed by atoms with Gasteiger partial charge < -0.3 is 15.2 Å². The number of guanidine groups is 1. The van der Waals surface area contributed by atoms with E-state index in [2.05, 4.69) is 62.4 Å². The van der Waals surface area contributed by atoms with Crippen molar-refractivity contribution in [2.45, 2.75) is 26.6 Å². The predicted octanol–water partition coefficient (Wildman–Crippen LogP) is 3.73. The molecule has 0 amide bonds. The van der Waals surface area contributed by atoms with Crippen LogP contribution in [0.4, 0.5) is 0 Å². The van der Waals surface area contributed by atoms with Crippen LogP contribution in [0, 0.1) is 0 Å². The fourth-order valence-electron chi connectivity index (χ4n) is 3.27. The van der Waals surface area contributed by atoms with Gasteiger partial charge in [0.1, 0.15) is 0 Å². The van der Waals surface area contributed by atoms with Crippen LogP contribution < -0.4 is 10.6 Å². The molecule has 0 spiro atoms. The fraction of sp³-hybridized carbons (Fsp3) is 0.208. The average molecular weight is 399 g/mol. The molecule has 4 aromatic rings. The average Bonchev–Trinajstić information content (AvgIpc) is 3.20. The van der Waals surface area contributed by atoms with Crippen molar-refractivity contribution in [3.8, 4) is 0 Å². The molecule has 2 aromatic heterocycles. The molecule has 0 saturated carbocycles. The van der Waals surface area contributed by atoms with E-state index in [4.69, 9.17) is 4.99 Å². The number of nitrogens with zero attached hydrogens (tertiary/aromatic N) is 4. The van der Waals surface area contributed by atoms with Gasteiger partial charge in [0.05, 0.1) is 36.1 Å². The van der Waals surface area contributed by atoms with Crippen LogP contribution >= 0.6 is 0 Å². The molecule has 30 heavy (non-hydrogen) atoms. The Labute approximate surface area is 176 Å². The molecule has 2 N–H and O–H groups in total. The number of hydrogen-bond donors (Lipinski definition) is 2. The van der Waals surface area contributed by atoms with Gasteiger partial charge in [-0.25, -0.2) is 9.98 Å². The Morgan fingerprint density at radius 3 is 2.50 bits per heavy atom. The van der Waals surface area contributed by atoms with Gasteiger partial charge in [0.15, 0.2) is 5.96 Å². The summed E-state index contributed by atoms with van der Waals surface area (Å²) in [5.41, 5.74) is 5.58. The second-order valence-corrected chi connectivity index (χ2v) is 7.05. The van der Waals surface area contributed by atoms with E-state index in [9.17, 15) is 0 Å². The van der Waals surface area contributed by atoms with E-state index in [0.717, 1.165) is 35.8 Å². The number of fused-ring (bicyclic) bond motifs is 1. The zero-order chi connectivity index (χ0) is 20.6. The van der Waals surface area contributed by atoms with Crippen molar-refractivity contribution in [2.24, 2.45) is 4.99 Å². The Kier molecular flexibility index (Phi) is 6.35. The minimum absolute atomic E-state index is 0.617. The minimum atomic E-state index is 0.617. The molecule has 0 aliphatic rings. The highest BCUT2D eigenvalue weighted by molar-refractivity contribution is 5.79. The van der Waals surface area contributed by atoms with Gasteiger partial charge in [-0.3, -0.25) is 4.98 Å². The molecule has 0 fully saturated rings. The molecule has 0 aliphatic carbocycles. The second kappa shape index (κ2) is 9.69. The van der Waals surface area contributed by atoms with Crippen LogP contribution in [-0.2, 0) is 19.6 Å². The molecule has 0 aliphatic heterocycles. The van der Waals surface area contributed by atoms with E-state index in [1.165, 1.54) is 11.1 Å². The quantitative estimate of drug-likeness (QED) is 0.368. The summed E-state index contributed by atoms with van der Waals surface area (Å²) >= 11 is 0. The summed E-state index contributed by atoms with van der Waals surface area (Å²) in [6, 6.07) is 22.7. The van der Waals surface area contributed by atoms with Crippen LogP contribution in [0.5, 0.6) is 0 Å². The smallest absolute Gasteiger partial charge is 0.191 e. The van der Waals surface area contributed by atoms with Gasteiger partial charge in [0.25, 0.3) is 0 Å². The molecule has 0 bridgehead atoms. The normalized spacial score (nSPS) is 11.6. The lowest BCUT2D eigenvalue weighted by Gasteiger charge is -2.11. The Bertz CT molecular complexity index is 1100. The van der Waals surface area contributed by atoms with Gasteiger partial charge >= 0.3 is 0 Å². The van der Waals surface area contributed by atoms with E-state index < -0.39 is 0 Å². The first-order chi connectivity index (χ1) is 14.8. The third kappa shape index (κ3) is 5.03. The highest BCUT2D eigenvalue weighted by Gasteiger charge is 2.03. The van der Waals surface area contributed by atoms with E-state index in [0.29, 0.717) is 13.1 Å². The number of para-hydroxylation sites is 2. The first kappa shape index (κ1) is 19.6. The van der Waals surface area contributed by atoms with E-state index in [-0.39, 0.29) is 0 Å². The van der Waals surface area contributed by atoms with Gasteiger partial charge in [0.2, 0.25) is 0 Å². The first-order valence-corrected chi connectivity index (χ1v) is 10.2. The van der Waals surface area contributed by atoms with Crippen LogP contribution in [0.15, 0.2) is 84.2 Å². The van der Waals surface area contributed by atoms with Crippen LogP contribution in [-0.4, -0.2) is 27.0 Å². The third-order valence-electron chi connectivity index (χ3n) is 4.83. The standard InChI is InChI=1S/C24H26N6/c1-2-25-24(28-16-21-7-5-6-14-26-21)27-15-19-10-12-20(13-11-19)17-30-18-29-22-8-3-4-9-23(22)30/h3-14,18H,2,15-17H2,1H3,(H2,25,27,28). The zero-order valence-electron chi connectivity index (χ0n) is 17.1. The number of aliphatic imine (C=N–C) groups is 1. The summed E-state index contributed by atoms with van der Waals surface area (Å²) in [5.74, 6) is 0.789. The van der Waals surface area contributed by atoms with Crippen molar-refractivity contribution in [3.63, 3.8) is 0 Å². The van der Waals surface area contributed by atoms with Gasteiger partial charge in [0, 0.05) is 19.3 Å². The predicted molar refractivity (Wildman–Crippen MR) is 121 cm³/mol. The Morgan fingerprint density at radius 1 is 0.900 bits per heavy atom. The molecule has 2 heterocycles. The lowest BCUT2D eigenvalue weighted by molar-refractivity contribution is 0.799. The molecule has 6 heteroatoms. The van der Waals surface area contributed by atoms with Crippen LogP contribution in [0.25, 0.3) is 11.0 Å². The zero-order valence-corrected chi connectivity index (χ0v) is 17.1. The van der Waals surface area contributed by atoms with Crippen LogP contribution in [0.1, 0.15) is 23.7 Å². The van der Waals surface area contributed by atoms with Crippen LogP contribution in [0.2, 0.25) is 0 Å². The Hall–Kier alpha value is -3.67. The van der Waals surface area contributed by atoms with Crippen molar-refractivity contribution in [2.75, 3.05) is 6.54 Å². The van der Waals surface area contributed by atoms with Crippen molar-refractivity contribution >= 4 is 17.0 Å². The summed E-state index contributed by atoms with van der Waals surface area (Å²) in [5, 5.41) is 6.61. The highest BCUT2D eigenvalue weighted by atomic mass is 15.2. The number of hydrogen-bond acceptors (Lipinski definition) is 3. The monoisotopic (exact) mass is 398 g/mol. The molecule has 0 atom stereocenters. The number of imidazole rings is 1. The summed E-state index contributed by atoms with van der Waals surface area (Å²) in [6.07, 6.45) is 3.70. The van der Waals surface area contributed by atoms with E-state index in [1.54, 1.807) is 6.20 Å². The molecular formula is C24H26N6. The summed E-state index contributed by atoms with van der Waals surface area (Å²) in [4.78, 5) is 13.5. The Balaban J connectivity index is 1.37. The maximum absolute atomic E-state index is 4.70. The number of aromatic nitrogens is 3. The fourth-order valence-corrected chi connectivity index (χ4v) is 3.27. The largest absolute Gasteiger partial charge is 0.357 e. The Morgan fingerprint density at radius 2 is 1.70 bits per heavy atom. The van der Waals surface area contributed by atoms with Gasteiger partial charge in [-0.2, -0.15) is 0 Å². The maximum Gasteiger partial charge on any atom is 0.191 e. The van der Waals surface area contributed by atoms with E-state index in [1.807, 2.05) is 42.7 Å². The lowest BCUT2D eigenvalue weighted by Crippen LogP contribution is -2.36. The summed E-state index contributed by atoms with van der Waals surface area (Å²) in [7, 11) is 0. The molecular weight excluding hydrogens is 372 g/mol. The molecule has 0 radical (unpaired) electrons. The minimum Gasteiger partial charge on any atom is -0.357 e. The van der Waals surface area contributed by atoms with Gasteiger partial charge in [-0.15, -0.1) is 0 Å². The SMILES string of the molecule is CCNC(=NCc1ccc(Cn2cnc3ccccc32)cc1)NCc1ccccn1. The number of rotatable bonds is 7. The van der Waals surface area contributed by atoms with Crippen molar-refractivity contribution in [1.82, 2.24) is 25.2 Å². The van der Waals surface area contributed by atoms with Crippen molar-refractivity contribution in [1.29, 1.82) is 0 Å². The highest BCUT2D eigenvalue weighted by Crippen LogP contribution is 2.14. The third-order valence-corrected chi connectivity index (χ3v) is 4.83. The van der Waals surface area contributed by atoms with E-state index >= 15 is 0 Å². The molecule has 152 valence electrons. The molecule has 0 saturated heterocycles. The number of pyridine rings is 1. The number of benzene rings is 2. The summed E-state index contributed by atoms with van der Waals surface area (Å²) in [6.45, 7) is 4.94.